The smallest absolute Gasteiger partial charge is 0.485 e. The standard InChI is InChI=1S/C13H17BO6/c1-17-10-6-18-13-11(7-19-12(10)13)20-9-4-2-8(3-5-9)14(15)16/h2-5,10-13,15-16H,6-7H2,1H3/t10-,11-,12-,13-/m1/s1. The average Bonchev–Trinajstić information content (AvgIpc) is 3.02. The average molecular weight is 280 g/mol. The van der Waals surface area contributed by atoms with Crippen molar-refractivity contribution < 1.29 is 29.0 Å². The van der Waals surface area contributed by atoms with Gasteiger partial charge in [0.05, 0.1) is 13.2 Å². The van der Waals surface area contributed by atoms with Crippen molar-refractivity contribution in [2.75, 3.05) is 20.3 Å². The van der Waals surface area contributed by atoms with Crippen LogP contribution in [0.3, 0.4) is 0 Å². The molecule has 7 heteroatoms. The van der Waals surface area contributed by atoms with Gasteiger partial charge >= 0.3 is 7.12 Å². The van der Waals surface area contributed by atoms with Gasteiger partial charge in [0.1, 0.15) is 24.1 Å². The largest absolute Gasteiger partial charge is 0.488 e. The third-order valence-corrected chi connectivity index (χ3v) is 3.73. The molecule has 2 fully saturated rings. The van der Waals surface area contributed by atoms with Crippen molar-refractivity contribution in [2.45, 2.75) is 24.4 Å². The Bertz CT molecular complexity index is 451. The first-order chi connectivity index (χ1) is 9.69. The maximum Gasteiger partial charge on any atom is 0.488 e. The third kappa shape index (κ3) is 2.55. The molecule has 2 heterocycles. The van der Waals surface area contributed by atoms with E-state index in [0.717, 1.165) is 0 Å². The van der Waals surface area contributed by atoms with Gasteiger partial charge in [-0.15, -0.1) is 0 Å². The van der Waals surface area contributed by atoms with Gasteiger partial charge in [-0.1, -0.05) is 12.1 Å². The Morgan fingerprint density at radius 1 is 1.05 bits per heavy atom. The van der Waals surface area contributed by atoms with Crippen LogP contribution in [0.4, 0.5) is 0 Å². The second-order valence-electron chi connectivity index (χ2n) is 4.97. The molecule has 108 valence electrons. The normalized spacial score (nSPS) is 32.1. The van der Waals surface area contributed by atoms with Crippen LogP contribution in [-0.2, 0) is 14.2 Å². The van der Waals surface area contributed by atoms with Crippen molar-refractivity contribution in [2.24, 2.45) is 0 Å². The lowest BCUT2D eigenvalue weighted by atomic mass is 9.80. The zero-order valence-corrected chi connectivity index (χ0v) is 11.1. The molecule has 0 aliphatic carbocycles. The lowest BCUT2D eigenvalue weighted by molar-refractivity contribution is -0.0138. The van der Waals surface area contributed by atoms with Gasteiger partial charge < -0.3 is 29.0 Å². The fraction of sp³-hybridized carbons (Fsp3) is 0.538. The molecule has 0 spiro atoms. The minimum Gasteiger partial charge on any atom is -0.485 e. The van der Waals surface area contributed by atoms with Crippen LogP contribution in [0, 0.1) is 0 Å². The lowest BCUT2D eigenvalue weighted by Gasteiger charge is -2.18. The van der Waals surface area contributed by atoms with Crippen LogP contribution in [0.5, 0.6) is 5.75 Å². The van der Waals surface area contributed by atoms with E-state index in [-0.39, 0.29) is 24.4 Å². The summed E-state index contributed by atoms with van der Waals surface area (Å²) in [5, 5.41) is 18.1. The Morgan fingerprint density at radius 2 is 1.65 bits per heavy atom. The molecule has 20 heavy (non-hydrogen) atoms. The second kappa shape index (κ2) is 5.71. The predicted molar refractivity (Wildman–Crippen MR) is 71.0 cm³/mol. The topological polar surface area (TPSA) is 77.4 Å². The van der Waals surface area contributed by atoms with E-state index in [1.165, 1.54) is 0 Å². The number of methoxy groups -OCH3 is 1. The molecule has 2 N–H and O–H groups in total. The number of benzene rings is 1. The molecule has 0 radical (unpaired) electrons. The summed E-state index contributed by atoms with van der Waals surface area (Å²) < 4.78 is 22.5. The first-order valence-electron chi connectivity index (χ1n) is 6.58. The summed E-state index contributed by atoms with van der Waals surface area (Å²) in [6.45, 7) is 0.973. The molecule has 0 unspecified atom stereocenters. The van der Waals surface area contributed by atoms with Crippen molar-refractivity contribution in [3.8, 4) is 5.75 Å². The fourth-order valence-electron chi connectivity index (χ4n) is 2.63. The van der Waals surface area contributed by atoms with Crippen LogP contribution in [-0.4, -0.2) is 61.9 Å². The van der Waals surface area contributed by atoms with Crippen LogP contribution < -0.4 is 10.2 Å². The van der Waals surface area contributed by atoms with Gasteiger partial charge in [-0.25, -0.2) is 0 Å². The molecule has 2 aliphatic heterocycles. The maximum absolute atomic E-state index is 9.04. The predicted octanol–water partition coefficient (Wildman–Crippen LogP) is -1.07. The van der Waals surface area contributed by atoms with Crippen LogP contribution in [0.15, 0.2) is 24.3 Å². The van der Waals surface area contributed by atoms with Gasteiger partial charge in [0.25, 0.3) is 0 Å². The highest BCUT2D eigenvalue weighted by Crippen LogP contribution is 2.30. The van der Waals surface area contributed by atoms with Crippen LogP contribution >= 0.6 is 0 Å². The molecule has 3 rings (SSSR count). The minimum absolute atomic E-state index is 0.0412. The second-order valence-corrected chi connectivity index (χ2v) is 4.97. The van der Waals surface area contributed by atoms with Crippen molar-refractivity contribution in [3.63, 3.8) is 0 Å². The maximum atomic E-state index is 9.04. The molecule has 0 bridgehead atoms. The fourth-order valence-corrected chi connectivity index (χ4v) is 2.63. The van der Waals surface area contributed by atoms with Crippen LogP contribution in [0.2, 0.25) is 0 Å². The molecule has 0 aromatic heterocycles. The molecule has 1 aromatic carbocycles. The lowest BCUT2D eigenvalue weighted by Crippen LogP contribution is -2.35. The summed E-state index contributed by atoms with van der Waals surface area (Å²) in [4.78, 5) is 0. The van der Waals surface area contributed by atoms with E-state index in [9.17, 15) is 0 Å². The van der Waals surface area contributed by atoms with Gasteiger partial charge in [0.15, 0.2) is 6.10 Å². The van der Waals surface area contributed by atoms with E-state index < -0.39 is 7.12 Å². The molecular formula is C13H17BO6. The first-order valence-corrected chi connectivity index (χ1v) is 6.58. The summed E-state index contributed by atoms with van der Waals surface area (Å²) in [5.74, 6) is 0.646. The van der Waals surface area contributed by atoms with Crippen molar-refractivity contribution in [3.05, 3.63) is 24.3 Å². The summed E-state index contributed by atoms with van der Waals surface area (Å²) in [6.07, 6.45) is -0.419. The van der Waals surface area contributed by atoms with E-state index >= 15 is 0 Å². The highest BCUT2D eigenvalue weighted by Gasteiger charge is 2.49. The summed E-state index contributed by atoms with van der Waals surface area (Å²) in [5.41, 5.74) is 0.425. The molecule has 6 nitrogen and oxygen atoms in total. The number of hydrogen-bond donors (Lipinski definition) is 2. The molecular weight excluding hydrogens is 263 g/mol. The monoisotopic (exact) mass is 280 g/mol. The summed E-state index contributed by atoms with van der Waals surface area (Å²) in [7, 11) is 0.177. The summed E-state index contributed by atoms with van der Waals surface area (Å²) in [6, 6.07) is 6.62. The Hall–Kier alpha value is -1.12. The third-order valence-electron chi connectivity index (χ3n) is 3.73. The van der Waals surface area contributed by atoms with E-state index in [1.807, 2.05) is 0 Å². The van der Waals surface area contributed by atoms with Crippen LogP contribution in [0.25, 0.3) is 0 Å². The van der Waals surface area contributed by atoms with Gasteiger partial charge in [-0.05, 0) is 17.6 Å². The molecule has 2 aliphatic rings. The van der Waals surface area contributed by atoms with Gasteiger partial charge in [-0.2, -0.15) is 0 Å². The van der Waals surface area contributed by atoms with Gasteiger partial charge in [0.2, 0.25) is 0 Å². The highest BCUT2D eigenvalue weighted by molar-refractivity contribution is 6.58. The summed E-state index contributed by atoms with van der Waals surface area (Å²) >= 11 is 0. The van der Waals surface area contributed by atoms with Gasteiger partial charge in [-0.3, -0.25) is 0 Å². The zero-order chi connectivity index (χ0) is 14.1. The van der Waals surface area contributed by atoms with E-state index in [0.29, 0.717) is 24.4 Å². The minimum atomic E-state index is -1.47. The van der Waals surface area contributed by atoms with Crippen LogP contribution in [0.1, 0.15) is 0 Å². The Morgan fingerprint density at radius 3 is 2.25 bits per heavy atom. The molecule has 4 atom stereocenters. The quantitative estimate of drug-likeness (QED) is 0.684. The Balaban J connectivity index is 1.64. The number of hydrogen-bond acceptors (Lipinski definition) is 6. The highest BCUT2D eigenvalue weighted by atomic mass is 16.6. The number of ether oxygens (including phenoxy) is 4. The molecule has 0 saturated carbocycles. The molecule has 1 aromatic rings. The van der Waals surface area contributed by atoms with Crippen molar-refractivity contribution in [1.29, 1.82) is 0 Å². The van der Waals surface area contributed by atoms with Gasteiger partial charge in [0, 0.05) is 7.11 Å². The zero-order valence-electron chi connectivity index (χ0n) is 11.1. The molecule has 0 amide bonds. The van der Waals surface area contributed by atoms with E-state index in [1.54, 1.807) is 31.4 Å². The van der Waals surface area contributed by atoms with Crippen molar-refractivity contribution in [1.82, 2.24) is 0 Å². The Labute approximate surface area is 117 Å². The number of fused-ring (bicyclic) bond motifs is 1. The van der Waals surface area contributed by atoms with E-state index in [2.05, 4.69) is 0 Å². The van der Waals surface area contributed by atoms with E-state index in [4.69, 9.17) is 29.0 Å². The Kier molecular flexibility index (Phi) is 3.95. The number of rotatable bonds is 4. The molecule has 2 saturated heterocycles. The first kappa shape index (κ1) is 13.8. The SMILES string of the molecule is CO[C@@H]1CO[C@H]2[C@@H]1OC[C@H]2Oc1ccc(B(O)O)cc1. The van der Waals surface area contributed by atoms with Crippen molar-refractivity contribution >= 4 is 12.6 Å².